The fourth-order valence-corrected chi connectivity index (χ4v) is 2.52. The van der Waals surface area contributed by atoms with Gasteiger partial charge in [-0.1, -0.05) is 48.5 Å². The number of carbonyl (C=O) groups excluding carboxylic acids is 2. The van der Waals surface area contributed by atoms with E-state index in [1.807, 2.05) is 37.3 Å². The number of nitrogens with one attached hydrogen (secondary N) is 1. The standard InChI is InChI=1S/C20H17NO5/c1-13(14-7-3-2-4-8-14)21-18(22)12-25-19(23)16-11-15-9-5-6-10-17(15)26-20(16)24/h2-11,13H,12H2,1H3,(H,21,22)/t13-/m1/s1. The number of hydrogen-bond donors (Lipinski definition) is 1. The summed E-state index contributed by atoms with van der Waals surface area (Å²) < 4.78 is 10.0. The molecule has 0 aliphatic carbocycles. The second-order valence-corrected chi connectivity index (χ2v) is 5.76. The van der Waals surface area contributed by atoms with Gasteiger partial charge in [0.05, 0.1) is 6.04 Å². The van der Waals surface area contributed by atoms with E-state index in [9.17, 15) is 14.4 Å². The third kappa shape index (κ3) is 3.97. The monoisotopic (exact) mass is 351 g/mol. The van der Waals surface area contributed by atoms with Crippen molar-refractivity contribution in [1.29, 1.82) is 0 Å². The second kappa shape index (κ2) is 7.65. The first kappa shape index (κ1) is 17.4. The van der Waals surface area contributed by atoms with E-state index < -0.39 is 24.1 Å². The van der Waals surface area contributed by atoms with Gasteiger partial charge >= 0.3 is 11.6 Å². The minimum absolute atomic E-state index is 0.229. The fourth-order valence-electron chi connectivity index (χ4n) is 2.52. The Labute approximate surface area is 149 Å². The SMILES string of the molecule is C[C@@H](NC(=O)COC(=O)c1cc2ccccc2oc1=O)c1ccccc1. The summed E-state index contributed by atoms with van der Waals surface area (Å²) in [6.45, 7) is 1.34. The maximum atomic E-state index is 12.1. The molecule has 6 nitrogen and oxygen atoms in total. The number of para-hydroxylation sites is 1. The largest absolute Gasteiger partial charge is 0.452 e. The normalized spacial score (nSPS) is 11.7. The van der Waals surface area contributed by atoms with Gasteiger partial charge in [-0.2, -0.15) is 0 Å². The van der Waals surface area contributed by atoms with Gasteiger partial charge in [0.1, 0.15) is 11.1 Å². The van der Waals surface area contributed by atoms with Crippen LogP contribution in [0.25, 0.3) is 11.0 Å². The molecule has 0 unspecified atom stereocenters. The number of esters is 1. The summed E-state index contributed by atoms with van der Waals surface area (Å²) in [4.78, 5) is 36.0. The van der Waals surface area contributed by atoms with E-state index in [0.717, 1.165) is 5.56 Å². The average molecular weight is 351 g/mol. The van der Waals surface area contributed by atoms with Crippen LogP contribution in [0.5, 0.6) is 0 Å². The number of carbonyl (C=O) groups is 2. The molecule has 2 aromatic carbocycles. The van der Waals surface area contributed by atoms with Gasteiger partial charge in [0.2, 0.25) is 0 Å². The number of ether oxygens (including phenoxy) is 1. The topological polar surface area (TPSA) is 85.6 Å². The Morgan fingerprint density at radius 2 is 1.77 bits per heavy atom. The van der Waals surface area contributed by atoms with Crippen molar-refractivity contribution in [2.75, 3.05) is 6.61 Å². The first-order valence-electron chi connectivity index (χ1n) is 8.09. The second-order valence-electron chi connectivity index (χ2n) is 5.76. The molecule has 3 rings (SSSR count). The van der Waals surface area contributed by atoms with Crippen molar-refractivity contribution >= 4 is 22.8 Å². The van der Waals surface area contributed by atoms with Gasteiger partial charge in [0.25, 0.3) is 5.91 Å². The highest BCUT2D eigenvalue weighted by atomic mass is 16.5. The van der Waals surface area contributed by atoms with Gasteiger partial charge in [-0.15, -0.1) is 0 Å². The molecule has 0 aliphatic rings. The van der Waals surface area contributed by atoms with Crippen molar-refractivity contribution < 1.29 is 18.7 Å². The van der Waals surface area contributed by atoms with Crippen molar-refractivity contribution in [3.63, 3.8) is 0 Å². The highest BCUT2D eigenvalue weighted by molar-refractivity contribution is 5.94. The Morgan fingerprint density at radius 1 is 1.08 bits per heavy atom. The number of rotatable bonds is 5. The van der Waals surface area contributed by atoms with Crippen LogP contribution < -0.4 is 10.9 Å². The molecule has 0 aliphatic heterocycles. The third-order valence-corrected chi connectivity index (χ3v) is 3.87. The summed E-state index contributed by atoms with van der Waals surface area (Å²) in [7, 11) is 0. The van der Waals surface area contributed by atoms with Crippen LogP contribution in [-0.2, 0) is 9.53 Å². The molecule has 0 saturated heterocycles. The molecule has 1 amide bonds. The van der Waals surface area contributed by atoms with E-state index in [-0.39, 0.29) is 11.6 Å². The Morgan fingerprint density at radius 3 is 2.54 bits per heavy atom. The lowest BCUT2D eigenvalue weighted by Gasteiger charge is -2.14. The lowest BCUT2D eigenvalue weighted by Crippen LogP contribution is -2.31. The number of fused-ring (bicyclic) bond motifs is 1. The maximum absolute atomic E-state index is 12.1. The molecule has 3 aromatic rings. The van der Waals surface area contributed by atoms with Gasteiger partial charge in [0, 0.05) is 5.39 Å². The van der Waals surface area contributed by atoms with E-state index in [4.69, 9.17) is 9.15 Å². The lowest BCUT2D eigenvalue weighted by molar-refractivity contribution is -0.124. The molecular weight excluding hydrogens is 334 g/mol. The molecule has 132 valence electrons. The molecule has 0 bridgehead atoms. The van der Waals surface area contributed by atoms with Gasteiger partial charge in [0.15, 0.2) is 6.61 Å². The molecule has 1 N–H and O–H groups in total. The van der Waals surface area contributed by atoms with Crippen molar-refractivity contribution in [3.8, 4) is 0 Å². The van der Waals surface area contributed by atoms with E-state index in [1.54, 1.807) is 24.3 Å². The van der Waals surface area contributed by atoms with Crippen LogP contribution >= 0.6 is 0 Å². The Hall–Kier alpha value is -3.41. The molecule has 6 heteroatoms. The van der Waals surface area contributed by atoms with E-state index in [0.29, 0.717) is 11.0 Å². The fraction of sp³-hybridized carbons (Fsp3) is 0.150. The van der Waals surface area contributed by atoms with Crippen molar-refractivity contribution in [3.05, 3.63) is 82.2 Å². The van der Waals surface area contributed by atoms with Crippen LogP contribution in [0.2, 0.25) is 0 Å². The molecule has 1 aromatic heterocycles. The Balaban J connectivity index is 1.63. The first-order chi connectivity index (χ1) is 12.5. The van der Waals surface area contributed by atoms with Crippen molar-refractivity contribution in [2.24, 2.45) is 0 Å². The van der Waals surface area contributed by atoms with Gasteiger partial charge in [-0.25, -0.2) is 9.59 Å². The molecule has 0 spiro atoms. The number of amides is 1. The van der Waals surface area contributed by atoms with Crippen molar-refractivity contribution in [1.82, 2.24) is 5.32 Å². The predicted molar refractivity (Wildman–Crippen MR) is 95.8 cm³/mol. The molecular formula is C20H17NO5. The van der Waals surface area contributed by atoms with Gasteiger partial charge in [-0.05, 0) is 24.6 Å². The highest BCUT2D eigenvalue weighted by Gasteiger charge is 2.17. The van der Waals surface area contributed by atoms with E-state index in [2.05, 4.69) is 5.32 Å². The molecule has 0 saturated carbocycles. The van der Waals surface area contributed by atoms with Crippen molar-refractivity contribution in [2.45, 2.75) is 13.0 Å². The first-order valence-corrected chi connectivity index (χ1v) is 8.09. The van der Waals surface area contributed by atoms with Crippen LogP contribution in [0.15, 0.2) is 69.9 Å². The average Bonchev–Trinajstić information content (AvgIpc) is 2.66. The van der Waals surface area contributed by atoms with Crippen LogP contribution in [0.3, 0.4) is 0 Å². The van der Waals surface area contributed by atoms with Gasteiger partial charge < -0.3 is 14.5 Å². The van der Waals surface area contributed by atoms with E-state index in [1.165, 1.54) is 6.07 Å². The minimum Gasteiger partial charge on any atom is -0.452 e. The molecule has 1 atom stereocenters. The lowest BCUT2D eigenvalue weighted by atomic mass is 10.1. The summed E-state index contributed by atoms with van der Waals surface area (Å²) >= 11 is 0. The van der Waals surface area contributed by atoms with Crippen LogP contribution in [0.1, 0.15) is 28.9 Å². The van der Waals surface area contributed by atoms with Crippen LogP contribution in [0, 0.1) is 0 Å². The van der Waals surface area contributed by atoms with Crippen LogP contribution in [-0.4, -0.2) is 18.5 Å². The Bertz CT molecular complexity index is 994. The molecule has 0 radical (unpaired) electrons. The minimum atomic E-state index is -0.896. The van der Waals surface area contributed by atoms with Crippen LogP contribution in [0.4, 0.5) is 0 Å². The number of benzene rings is 2. The Kier molecular flexibility index (Phi) is 5.12. The highest BCUT2D eigenvalue weighted by Crippen LogP contribution is 2.13. The molecule has 26 heavy (non-hydrogen) atoms. The summed E-state index contributed by atoms with van der Waals surface area (Å²) in [5, 5.41) is 3.33. The predicted octanol–water partition coefficient (Wildman–Crippen LogP) is 2.83. The summed E-state index contributed by atoms with van der Waals surface area (Å²) in [5.41, 5.74) is 0.269. The zero-order valence-corrected chi connectivity index (χ0v) is 14.1. The summed E-state index contributed by atoms with van der Waals surface area (Å²) in [5.74, 6) is -1.35. The smallest absolute Gasteiger partial charge is 0.351 e. The molecule has 1 heterocycles. The third-order valence-electron chi connectivity index (χ3n) is 3.87. The van der Waals surface area contributed by atoms with E-state index >= 15 is 0 Å². The zero-order chi connectivity index (χ0) is 18.5. The van der Waals surface area contributed by atoms with Gasteiger partial charge in [-0.3, -0.25) is 4.79 Å². The zero-order valence-electron chi connectivity index (χ0n) is 14.1. The number of hydrogen-bond acceptors (Lipinski definition) is 5. The maximum Gasteiger partial charge on any atom is 0.351 e. The molecule has 0 fully saturated rings. The quantitative estimate of drug-likeness (QED) is 0.564. The summed E-state index contributed by atoms with van der Waals surface area (Å²) in [6.07, 6.45) is 0. The summed E-state index contributed by atoms with van der Waals surface area (Å²) in [6, 6.07) is 17.4.